The molecule has 2 aliphatic heterocycles. The number of hydrogen-bond acceptors (Lipinski definition) is 5. The molecule has 7 heteroatoms. The van der Waals surface area contributed by atoms with Gasteiger partial charge in [0.2, 0.25) is 17.8 Å². The van der Waals surface area contributed by atoms with Crippen LogP contribution in [0.2, 0.25) is 0 Å². The third-order valence-corrected chi connectivity index (χ3v) is 7.22. The van der Waals surface area contributed by atoms with Gasteiger partial charge >= 0.3 is 0 Å². The average molecular weight is 420 g/mol. The first kappa shape index (κ1) is 20.0. The molecule has 2 unspecified atom stereocenters. The number of anilines is 1. The van der Waals surface area contributed by atoms with E-state index in [4.69, 9.17) is 15.7 Å². The van der Waals surface area contributed by atoms with Crippen molar-refractivity contribution in [3.8, 4) is 11.3 Å². The molecule has 2 fully saturated rings. The number of nitrogens with zero attached hydrogens (tertiary/aromatic N) is 4. The molecule has 1 aliphatic carbocycles. The van der Waals surface area contributed by atoms with E-state index in [-0.39, 0.29) is 23.7 Å². The highest BCUT2D eigenvalue weighted by atomic mass is 16.2. The van der Waals surface area contributed by atoms with Crippen LogP contribution in [-0.4, -0.2) is 52.4 Å². The minimum absolute atomic E-state index is 0.0214. The van der Waals surface area contributed by atoms with E-state index < -0.39 is 0 Å². The van der Waals surface area contributed by atoms with E-state index in [9.17, 15) is 9.59 Å². The largest absolute Gasteiger partial charge is 0.369 e. The first-order valence-electron chi connectivity index (χ1n) is 11.2. The van der Waals surface area contributed by atoms with Crippen LogP contribution < -0.4 is 10.6 Å². The van der Waals surface area contributed by atoms with Gasteiger partial charge in [-0.3, -0.25) is 9.59 Å². The van der Waals surface area contributed by atoms with Crippen LogP contribution >= 0.6 is 0 Å². The summed E-state index contributed by atoms with van der Waals surface area (Å²) in [5, 5.41) is 0. The second-order valence-electron chi connectivity index (χ2n) is 9.15. The number of amides is 2. The lowest BCUT2D eigenvalue weighted by atomic mass is 9.87. The summed E-state index contributed by atoms with van der Waals surface area (Å²) in [6.07, 6.45) is 4.28. The Hall–Kier alpha value is -2.96. The number of primary amides is 1. The number of benzene rings is 1. The molecule has 2 N–H and O–H groups in total. The highest BCUT2D eigenvalue weighted by molar-refractivity contribution is 5.81. The van der Waals surface area contributed by atoms with E-state index in [0.29, 0.717) is 19.1 Å². The predicted octanol–water partition coefficient (Wildman–Crippen LogP) is 2.28. The molecule has 3 aliphatic rings. The molecular formula is C24H29N5O2. The second kappa shape index (κ2) is 7.62. The second-order valence-corrected chi connectivity index (χ2v) is 9.15. The molecule has 1 aromatic heterocycles. The Balaban J connectivity index is 1.54. The van der Waals surface area contributed by atoms with Crippen molar-refractivity contribution in [2.24, 2.45) is 11.7 Å². The highest BCUT2D eigenvalue weighted by Crippen LogP contribution is 2.37. The molecule has 162 valence electrons. The molecule has 3 atom stereocenters. The van der Waals surface area contributed by atoms with Gasteiger partial charge in [0, 0.05) is 55.3 Å². The quantitative estimate of drug-likeness (QED) is 0.821. The maximum Gasteiger partial charge on any atom is 0.226 e. The molecule has 0 bridgehead atoms. The van der Waals surface area contributed by atoms with Gasteiger partial charge in [-0.25, -0.2) is 9.97 Å². The summed E-state index contributed by atoms with van der Waals surface area (Å²) < 4.78 is 0. The minimum Gasteiger partial charge on any atom is -0.369 e. The van der Waals surface area contributed by atoms with Crippen molar-refractivity contribution >= 4 is 17.8 Å². The fourth-order valence-corrected chi connectivity index (χ4v) is 5.20. The van der Waals surface area contributed by atoms with Crippen LogP contribution in [0.5, 0.6) is 0 Å². The van der Waals surface area contributed by atoms with E-state index in [1.54, 1.807) is 11.8 Å². The van der Waals surface area contributed by atoms with Gasteiger partial charge in [-0.1, -0.05) is 18.2 Å². The third-order valence-electron chi connectivity index (χ3n) is 7.22. The Bertz CT molecular complexity index is 1050. The number of fused-ring (bicyclic) bond motifs is 1. The fraction of sp³-hybridized carbons (Fsp3) is 0.500. The Morgan fingerprint density at radius 2 is 2.00 bits per heavy atom. The molecule has 0 radical (unpaired) electrons. The van der Waals surface area contributed by atoms with Gasteiger partial charge in [-0.15, -0.1) is 0 Å². The number of nitrogens with two attached hydrogens (primary N) is 1. The van der Waals surface area contributed by atoms with Gasteiger partial charge < -0.3 is 15.5 Å². The molecular weight excluding hydrogens is 390 g/mol. The number of hydrogen-bond donors (Lipinski definition) is 1. The van der Waals surface area contributed by atoms with Gasteiger partial charge in [-0.2, -0.15) is 0 Å². The Morgan fingerprint density at radius 1 is 1.16 bits per heavy atom. The Morgan fingerprint density at radius 3 is 2.68 bits per heavy atom. The van der Waals surface area contributed by atoms with E-state index in [1.807, 2.05) is 12.1 Å². The van der Waals surface area contributed by atoms with Crippen LogP contribution in [0.1, 0.15) is 49.4 Å². The first-order chi connectivity index (χ1) is 14.9. The number of carbonyl (C=O) groups is 2. The zero-order chi connectivity index (χ0) is 21.7. The molecule has 3 heterocycles. The van der Waals surface area contributed by atoms with Gasteiger partial charge in [-0.05, 0) is 44.2 Å². The first-order valence-corrected chi connectivity index (χ1v) is 11.2. The van der Waals surface area contributed by atoms with Crippen molar-refractivity contribution in [1.29, 1.82) is 0 Å². The summed E-state index contributed by atoms with van der Waals surface area (Å²) in [6, 6.07) is 8.76. The number of carbonyl (C=O) groups excluding carboxylic acids is 2. The van der Waals surface area contributed by atoms with Crippen molar-refractivity contribution in [2.45, 2.75) is 51.5 Å². The predicted molar refractivity (Wildman–Crippen MR) is 119 cm³/mol. The number of aromatic nitrogens is 2. The molecule has 31 heavy (non-hydrogen) atoms. The molecule has 5 rings (SSSR count). The van der Waals surface area contributed by atoms with Crippen LogP contribution in [0.4, 0.5) is 5.95 Å². The van der Waals surface area contributed by atoms with Crippen LogP contribution in [0.3, 0.4) is 0 Å². The van der Waals surface area contributed by atoms with Crippen molar-refractivity contribution < 1.29 is 9.59 Å². The lowest BCUT2D eigenvalue weighted by Crippen LogP contribution is -2.46. The fourth-order valence-electron chi connectivity index (χ4n) is 5.20. The van der Waals surface area contributed by atoms with Crippen LogP contribution in [0.25, 0.3) is 11.3 Å². The monoisotopic (exact) mass is 419 g/mol. The molecule has 2 amide bonds. The number of rotatable bonds is 4. The third kappa shape index (κ3) is 3.46. The average Bonchev–Trinajstić information content (AvgIpc) is 3.39. The summed E-state index contributed by atoms with van der Waals surface area (Å²) in [7, 11) is 0. The zero-order valence-corrected chi connectivity index (χ0v) is 18.2. The summed E-state index contributed by atoms with van der Waals surface area (Å²) in [5.74, 6) is 0.000261. The van der Waals surface area contributed by atoms with E-state index in [1.165, 1.54) is 17.7 Å². The summed E-state index contributed by atoms with van der Waals surface area (Å²) >= 11 is 0. The topological polar surface area (TPSA) is 92.4 Å². The van der Waals surface area contributed by atoms with Crippen LogP contribution in [0, 0.1) is 5.92 Å². The molecule has 2 saturated heterocycles. The zero-order valence-electron chi connectivity index (χ0n) is 18.2. The summed E-state index contributed by atoms with van der Waals surface area (Å²) in [4.78, 5) is 37.9. The van der Waals surface area contributed by atoms with Crippen molar-refractivity contribution in [1.82, 2.24) is 14.9 Å². The van der Waals surface area contributed by atoms with Gasteiger partial charge in [0.25, 0.3) is 0 Å². The normalized spacial score (nSPS) is 24.8. The summed E-state index contributed by atoms with van der Waals surface area (Å²) in [6.45, 7) is 5.66. The number of aryl methyl sites for hydroxylation is 1. The molecule has 0 spiro atoms. The molecule has 0 saturated carbocycles. The lowest BCUT2D eigenvalue weighted by molar-refractivity contribution is -0.128. The lowest BCUT2D eigenvalue weighted by Gasteiger charge is -2.39. The summed E-state index contributed by atoms with van der Waals surface area (Å²) in [5.41, 5.74) is 11.2. The molecule has 7 nitrogen and oxygen atoms in total. The van der Waals surface area contributed by atoms with Gasteiger partial charge in [0.05, 0.1) is 11.6 Å². The van der Waals surface area contributed by atoms with Gasteiger partial charge in [0.1, 0.15) is 0 Å². The van der Waals surface area contributed by atoms with Crippen LogP contribution in [-0.2, 0) is 22.4 Å². The van der Waals surface area contributed by atoms with E-state index in [2.05, 4.69) is 24.0 Å². The molecule has 1 aromatic carbocycles. The van der Waals surface area contributed by atoms with Crippen molar-refractivity contribution in [2.75, 3.05) is 24.5 Å². The van der Waals surface area contributed by atoms with Gasteiger partial charge in [0.15, 0.2) is 0 Å². The Kier molecular flexibility index (Phi) is 4.91. The standard InChI is InChI=1S/C24H29N5O2/c1-14-9-10-29(14)24-26-21-8-4-7-18(21)22(27-24)17-6-3-5-16(11-17)19-12-28(15(2)30)13-20(19)23(25)31/h3,5-6,11,14,19-20H,4,7-10,12-13H2,1-2H3,(H2,25,31)/t14-,19?,20?/m0/s1. The SMILES string of the molecule is CC(=O)N1CC(C(N)=O)C(c2cccc(-c3nc(N4CC[C@@H]4C)nc4c3CCC4)c2)C1. The van der Waals surface area contributed by atoms with E-state index in [0.717, 1.165) is 48.6 Å². The van der Waals surface area contributed by atoms with Crippen molar-refractivity contribution in [3.63, 3.8) is 0 Å². The minimum atomic E-state index is -0.368. The smallest absolute Gasteiger partial charge is 0.226 e. The van der Waals surface area contributed by atoms with E-state index >= 15 is 0 Å². The molecule has 2 aromatic rings. The number of likely N-dealkylation sites (tertiary alicyclic amines) is 1. The maximum atomic E-state index is 12.1. The highest BCUT2D eigenvalue weighted by Gasteiger charge is 2.38. The Labute approximate surface area is 182 Å². The maximum absolute atomic E-state index is 12.1. The van der Waals surface area contributed by atoms with Crippen LogP contribution in [0.15, 0.2) is 24.3 Å². The van der Waals surface area contributed by atoms with Crippen molar-refractivity contribution in [3.05, 3.63) is 41.1 Å².